The van der Waals surface area contributed by atoms with Crippen molar-refractivity contribution in [2.45, 2.75) is 44.8 Å². The molecular formula is C12H23F3N2. The summed E-state index contributed by atoms with van der Waals surface area (Å²) in [7, 11) is 1.75. The lowest BCUT2D eigenvalue weighted by molar-refractivity contribution is -0.137. The van der Waals surface area contributed by atoms with Crippen LogP contribution in [0.4, 0.5) is 13.2 Å². The zero-order chi connectivity index (χ0) is 13.1. The Morgan fingerprint density at radius 3 is 2.53 bits per heavy atom. The van der Waals surface area contributed by atoms with E-state index in [1.54, 1.807) is 11.9 Å². The molecule has 3 atom stereocenters. The summed E-state index contributed by atoms with van der Waals surface area (Å²) in [6.07, 6.45) is -1.61. The molecule has 0 heterocycles. The number of halogens is 3. The van der Waals surface area contributed by atoms with Gasteiger partial charge in [-0.15, -0.1) is 0 Å². The van der Waals surface area contributed by atoms with Crippen LogP contribution in [0.3, 0.4) is 0 Å². The summed E-state index contributed by atoms with van der Waals surface area (Å²) in [6, 6.07) is 0.152. The first-order chi connectivity index (χ1) is 7.78. The van der Waals surface area contributed by atoms with E-state index in [-0.39, 0.29) is 12.6 Å². The van der Waals surface area contributed by atoms with Gasteiger partial charge in [0, 0.05) is 19.1 Å². The minimum absolute atomic E-state index is 0.0705. The summed E-state index contributed by atoms with van der Waals surface area (Å²) < 4.78 is 36.2. The zero-order valence-electron chi connectivity index (χ0n) is 10.6. The van der Waals surface area contributed by atoms with Gasteiger partial charge in [0.05, 0.1) is 6.42 Å². The van der Waals surface area contributed by atoms with Gasteiger partial charge in [-0.05, 0) is 38.1 Å². The third-order valence-corrected chi connectivity index (χ3v) is 3.63. The van der Waals surface area contributed by atoms with E-state index < -0.39 is 12.6 Å². The lowest BCUT2D eigenvalue weighted by Crippen LogP contribution is -2.42. The Bertz CT molecular complexity index is 230. The summed E-state index contributed by atoms with van der Waals surface area (Å²) >= 11 is 0. The molecule has 1 aliphatic carbocycles. The van der Waals surface area contributed by atoms with E-state index in [9.17, 15) is 13.2 Å². The summed E-state index contributed by atoms with van der Waals surface area (Å²) in [4.78, 5) is 1.76. The number of nitrogens with two attached hydrogens (primary N) is 1. The predicted molar refractivity (Wildman–Crippen MR) is 62.6 cm³/mol. The fraction of sp³-hybridized carbons (Fsp3) is 1.00. The molecule has 0 bridgehead atoms. The molecule has 0 saturated heterocycles. The van der Waals surface area contributed by atoms with Crippen molar-refractivity contribution < 1.29 is 13.2 Å². The Balaban J connectivity index is 2.31. The van der Waals surface area contributed by atoms with E-state index in [0.717, 1.165) is 19.3 Å². The zero-order valence-corrected chi connectivity index (χ0v) is 10.6. The Labute approximate surface area is 101 Å². The molecule has 1 aliphatic rings. The smallest absolute Gasteiger partial charge is 0.327 e. The SMILES string of the molecule is CC1CCC(N)C(CN(C)CCC(F)(F)F)C1. The van der Waals surface area contributed by atoms with Crippen LogP contribution in [0.15, 0.2) is 0 Å². The second-order valence-electron chi connectivity index (χ2n) is 5.47. The molecule has 2 nitrogen and oxygen atoms in total. The van der Waals surface area contributed by atoms with Gasteiger partial charge in [-0.25, -0.2) is 0 Å². The molecule has 2 N–H and O–H groups in total. The largest absolute Gasteiger partial charge is 0.390 e. The van der Waals surface area contributed by atoms with Gasteiger partial charge < -0.3 is 10.6 Å². The van der Waals surface area contributed by atoms with Gasteiger partial charge in [-0.2, -0.15) is 13.2 Å². The molecule has 0 aliphatic heterocycles. The van der Waals surface area contributed by atoms with Gasteiger partial charge >= 0.3 is 6.18 Å². The molecule has 1 rings (SSSR count). The second kappa shape index (κ2) is 6.05. The molecular weight excluding hydrogens is 229 g/mol. The van der Waals surface area contributed by atoms with Crippen LogP contribution in [0, 0.1) is 11.8 Å². The van der Waals surface area contributed by atoms with Crippen molar-refractivity contribution in [1.82, 2.24) is 4.90 Å². The lowest BCUT2D eigenvalue weighted by Gasteiger charge is -2.35. The third-order valence-electron chi connectivity index (χ3n) is 3.63. The molecule has 1 fully saturated rings. The number of nitrogens with zero attached hydrogens (tertiary/aromatic N) is 1. The molecule has 0 aromatic heterocycles. The highest BCUT2D eigenvalue weighted by Crippen LogP contribution is 2.28. The van der Waals surface area contributed by atoms with E-state index in [4.69, 9.17) is 5.73 Å². The summed E-state index contributed by atoms with van der Waals surface area (Å²) in [6.45, 7) is 2.94. The predicted octanol–water partition coefficient (Wildman–Crippen LogP) is 2.63. The average Bonchev–Trinajstić information content (AvgIpc) is 2.20. The van der Waals surface area contributed by atoms with Crippen LogP contribution in [0.1, 0.15) is 32.6 Å². The van der Waals surface area contributed by atoms with Crippen molar-refractivity contribution in [3.8, 4) is 0 Å². The molecule has 102 valence electrons. The van der Waals surface area contributed by atoms with E-state index in [1.807, 2.05) is 0 Å². The summed E-state index contributed by atoms with van der Waals surface area (Å²) in [5, 5.41) is 0. The van der Waals surface area contributed by atoms with Crippen molar-refractivity contribution in [1.29, 1.82) is 0 Å². The van der Waals surface area contributed by atoms with Gasteiger partial charge in [-0.1, -0.05) is 6.92 Å². The van der Waals surface area contributed by atoms with Gasteiger partial charge in [0.1, 0.15) is 0 Å². The fourth-order valence-electron chi connectivity index (χ4n) is 2.54. The van der Waals surface area contributed by atoms with Crippen LogP contribution in [0.2, 0.25) is 0 Å². The van der Waals surface area contributed by atoms with E-state index in [2.05, 4.69) is 6.92 Å². The number of rotatable bonds is 4. The van der Waals surface area contributed by atoms with Crippen LogP contribution in [-0.4, -0.2) is 37.3 Å². The van der Waals surface area contributed by atoms with E-state index >= 15 is 0 Å². The van der Waals surface area contributed by atoms with Crippen LogP contribution < -0.4 is 5.73 Å². The Hall–Kier alpha value is -0.290. The topological polar surface area (TPSA) is 29.3 Å². The minimum Gasteiger partial charge on any atom is -0.327 e. The first-order valence-electron chi connectivity index (χ1n) is 6.29. The highest BCUT2D eigenvalue weighted by atomic mass is 19.4. The minimum atomic E-state index is -4.06. The normalized spacial score (nSPS) is 30.9. The Morgan fingerprint density at radius 2 is 1.94 bits per heavy atom. The van der Waals surface area contributed by atoms with Crippen molar-refractivity contribution in [3.63, 3.8) is 0 Å². The first-order valence-corrected chi connectivity index (χ1v) is 6.29. The highest BCUT2D eigenvalue weighted by Gasteiger charge is 2.29. The lowest BCUT2D eigenvalue weighted by atomic mass is 9.79. The molecule has 0 amide bonds. The molecule has 0 aromatic carbocycles. The van der Waals surface area contributed by atoms with Gasteiger partial charge in [-0.3, -0.25) is 0 Å². The highest BCUT2D eigenvalue weighted by molar-refractivity contribution is 4.82. The Kier molecular flexibility index (Phi) is 5.25. The van der Waals surface area contributed by atoms with Crippen LogP contribution in [-0.2, 0) is 0 Å². The first kappa shape index (κ1) is 14.8. The van der Waals surface area contributed by atoms with Crippen molar-refractivity contribution in [2.75, 3.05) is 20.1 Å². The van der Waals surface area contributed by atoms with Crippen molar-refractivity contribution in [3.05, 3.63) is 0 Å². The molecule has 0 aromatic rings. The standard InChI is InChI=1S/C12H23F3N2/c1-9-3-4-11(16)10(7-9)8-17(2)6-5-12(13,14)15/h9-11H,3-8,16H2,1-2H3. The molecule has 3 unspecified atom stereocenters. The number of hydrogen-bond donors (Lipinski definition) is 1. The average molecular weight is 252 g/mol. The van der Waals surface area contributed by atoms with Crippen LogP contribution in [0.25, 0.3) is 0 Å². The van der Waals surface area contributed by atoms with Gasteiger partial charge in [0.25, 0.3) is 0 Å². The van der Waals surface area contributed by atoms with Crippen LogP contribution in [0.5, 0.6) is 0 Å². The molecule has 0 spiro atoms. The van der Waals surface area contributed by atoms with Crippen LogP contribution >= 0.6 is 0 Å². The van der Waals surface area contributed by atoms with E-state index in [0.29, 0.717) is 18.4 Å². The van der Waals surface area contributed by atoms with E-state index in [1.165, 1.54) is 0 Å². The maximum Gasteiger partial charge on any atom is 0.390 e. The summed E-state index contributed by atoms with van der Waals surface area (Å²) in [5.41, 5.74) is 6.02. The maximum atomic E-state index is 12.1. The summed E-state index contributed by atoms with van der Waals surface area (Å²) in [5.74, 6) is 0.993. The maximum absolute atomic E-state index is 12.1. The van der Waals surface area contributed by atoms with Crippen molar-refractivity contribution >= 4 is 0 Å². The fourth-order valence-corrected chi connectivity index (χ4v) is 2.54. The molecule has 17 heavy (non-hydrogen) atoms. The van der Waals surface area contributed by atoms with Gasteiger partial charge in [0.15, 0.2) is 0 Å². The second-order valence-corrected chi connectivity index (χ2v) is 5.47. The quantitative estimate of drug-likeness (QED) is 0.833. The van der Waals surface area contributed by atoms with Crippen molar-refractivity contribution in [2.24, 2.45) is 17.6 Å². The molecule has 0 radical (unpaired) electrons. The third kappa shape index (κ3) is 5.73. The molecule has 5 heteroatoms. The Morgan fingerprint density at radius 1 is 1.29 bits per heavy atom. The number of hydrogen-bond acceptors (Lipinski definition) is 2. The molecule has 1 saturated carbocycles. The van der Waals surface area contributed by atoms with Gasteiger partial charge in [0.2, 0.25) is 0 Å². The number of alkyl halides is 3. The monoisotopic (exact) mass is 252 g/mol.